The lowest BCUT2D eigenvalue weighted by atomic mass is 10.3. The molecule has 1 aromatic carbocycles. The third-order valence-corrected chi connectivity index (χ3v) is 2.96. The molecule has 2 rings (SSSR count). The maximum Gasteiger partial charge on any atom is 0.224 e. The summed E-state index contributed by atoms with van der Waals surface area (Å²) in [6, 6.07) is 4.62. The van der Waals surface area contributed by atoms with Crippen molar-refractivity contribution in [2.24, 2.45) is 0 Å². The molecule has 0 unspecified atom stereocenters. The fraction of sp³-hybridized carbons (Fsp3) is 0.0909. The molecule has 0 aliphatic carbocycles. The summed E-state index contributed by atoms with van der Waals surface area (Å²) < 4.78 is 14.3. The summed E-state index contributed by atoms with van der Waals surface area (Å²) in [5.41, 5.74) is 6.94. The molecule has 0 saturated heterocycles. The van der Waals surface area contributed by atoms with E-state index in [2.05, 4.69) is 31.2 Å². The van der Waals surface area contributed by atoms with Gasteiger partial charge in [0.15, 0.2) is 5.82 Å². The summed E-state index contributed by atoms with van der Waals surface area (Å²) in [5, 5.41) is 2.85. The van der Waals surface area contributed by atoms with Crippen LogP contribution in [-0.2, 0) is 0 Å². The number of hydrogen-bond acceptors (Lipinski definition) is 4. The molecule has 0 amide bonds. The molecule has 0 atom stereocenters. The Bertz CT molecular complexity index is 606. The summed E-state index contributed by atoms with van der Waals surface area (Å²) >= 11 is 8.91. The van der Waals surface area contributed by atoms with Crippen molar-refractivity contribution in [1.29, 1.82) is 0 Å². The number of benzene rings is 1. The summed E-state index contributed by atoms with van der Waals surface area (Å²) in [4.78, 5) is 7.83. The number of halogens is 3. The number of nitrogens with one attached hydrogen (secondary N) is 1. The van der Waals surface area contributed by atoms with Gasteiger partial charge in [-0.05, 0) is 36.7 Å². The standard InChI is InChI=1S/C11H9BrClFN4/c1-5-9(15)10(18-11(13)16-5)17-8-3-2-6(12)4-7(8)14/h2-4H,15H2,1H3,(H,16,17,18). The Kier molecular flexibility index (Phi) is 3.68. The summed E-state index contributed by atoms with van der Waals surface area (Å²) in [6.07, 6.45) is 0. The van der Waals surface area contributed by atoms with E-state index in [1.54, 1.807) is 19.1 Å². The van der Waals surface area contributed by atoms with Gasteiger partial charge in [0.2, 0.25) is 5.28 Å². The van der Waals surface area contributed by atoms with Gasteiger partial charge in [-0.15, -0.1) is 0 Å². The van der Waals surface area contributed by atoms with Crippen LogP contribution in [0.15, 0.2) is 22.7 Å². The molecule has 7 heteroatoms. The summed E-state index contributed by atoms with van der Waals surface area (Å²) in [7, 11) is 0. The van der Waals surface area contributed by atoms with Crippen molar-refractivity contribution in [2.75, 3.05) is 11.1 Å². The second kappa shape index (κ2) is 5.07. The molecule has 1 heterocycles. The van der Waals surface area contributed by atoms with Crippen LogP contribution in [0, 0.1) is 12.7 Å². The van der Waals surface area contributed by atoms with Gasteiger partial charge in [-0.2, -0.15) is 4.98 Å². The average Bonchev–Trinajstić information content (AvgIpc) is 2.29. The quantitative estimate of drug-likeness (QED) is 0.824. The number of nitrogen functional groups attached to an aromatic ring is 1. The average molecular weight is 332 g/mol. The highest BCUT2D eigenvalue weighted by Crippen LogP contribution is 2.27. The Balaban J connectivity index is 2.40. The second-order valence-corrected chi connectivity index (χ2v) is 4.84. The minimum absolute atomic E-state index is 0.0571. The number of nitrogens with two attached hydrogens (primary N) is 1. The number of aryl methyl sites for hydroxylation is 1. The maximum atomic E-state index is 13.7. The van der Waals surface area contributed by atoms with Crippen LogP contribution in [0.3, 0.4) is 0 Å². The van der Waals surface area contributed by atoms with E-state index in [0.717, 1.165) is 0 Å². The number of rotatable bonds is 2. The molecular weight excluding hydrogens is 323 g/mol. The molecule has 94 valence electrons. The number of anilines is 3. The first-order chi connectivity index (χ1) is 8.47. The fourth-order valence-corrected chi connectivity index (χ4v) is 1.91. The normalized spacial score (nSPS) is 10.4. The molecule has 0 spiro atoms. The first-order valence-corrected chi connectivity index (χ1v) is 6.16. The van der Waals surface area contributed by atoms with E-state index >= 15 is 0 Å². The van der Waals surface area contributed by atoms with Crippen LogP contribution < -0.4 is 11.1 Å². The third-order valence-electron chi connectivity index (χ3n) is 2.29. The maximum absolute atomic E-state index is 13.7. The lowest BCUT2D eigenvalue weighted by molar-refractivity contribution is 0.631. The van der Waals surface area contributed by atoms with E-state index in [9.17, 15) is 4.39 Å². The number of nitrogens with zero attached hydrogens (tertiary/aromatic N) is 2. The van der Waals surface area contributed by atoms with Gasteiger partial charge in [0.05, 0.1) is 17.1 Å². The highest BCUT2D eigenvalue weighted by Gasteiger charge is 2.10. The van der Waals surface area contributed by atoms with E-state index < -0.39 is 5.82 Å². The van der Waals surface area contributed by atoms with E-state index in [1.165, 1.54) is 6.07 Å². The van der Waals surface area contributed by atoms with Crippen molar-refractivity contribution in [2.45, 2.75) is 6.92 Å². The van der Waals surface area contributed by atoms with Crippen LogP contribution in [0.1, 0.15) is 5.69 Å². The molecule has 18 heavy (non-hydrogen) atoms. The summed E-state index contributed by atoms with van der Waals surface area (Å²) in [5.74, 6) is -0.134. The first kappa shape index (κ1) is 13.0. The number of hydrogen-bond donors (Lipinski definition) is 2. The van der Waals surface area contributed by atoms with Gasteiger partial charge in [-0.25, -0.2) is 9.37 Å². The second-order valence-electron chi connectivity index (χ2n) is 3.59. The highest BCUT2D eigenvalue weighted by atomic mass is 79.9. The van der Waals surface area contributed by atoms with Gasteiger partial charge in [-0.1, -0.05) is 15.9 Å². The molecule has 0 aliphatic heterocycles. The molecule has 0 aliphatic rings. The van der Waals surface area contributed by atoms with Crippen LogP contribution in [-0.4, -0.2) is 9.97 Å². The van der Waals surface area contributed by atoms with Crippen molar-refractivity contribution < 1.29 is 4.39 Å². The third kappa shape index (κ3) is 2.70. The van der Waals surface area contributed by atoms with Crippen molar-refractivity contribution >= 4 is 44.7 Å². The van der Waals surface area contributed by atoms with E-state index in [0.29, 0.717) is 15.9 Å². The molecule has 0 fully saturated rings. The smallest absolute Gasteiger partial charge is 0.224 e. The van der Waals surface area contributed by atoms with Gasteiger partial charge in [0, 0.05) is 4.47 Å². The molecule has 0 bridgehead atoms. The van der Waals surface area contributed by atoms with Crippen molar-refractivity contribution in [3.05, 3.63) is 39.5 Å². The van der Waals surface area contributed by atoms with Crippen LogP contribution in [0.5, 0.6) is 0 Å². The van der Waals surface area contributed by atoms with Crippen LogP contribution in [0.25, 0.3) is 0 Å². The predicted molar refractivity (Wildman–Crippen MR) is 73.6 cm³/mol. The molecule has 2 aromatic rings. The zero-order valence-electron chi connectivity index (χ0n) is 9.34. The Hall–Kier alpha value is -1.40. The molecule has 3 N–H and O–H groups in total. The summed E-state index contributed by atoms with van der Waals surface area (Å²) in [6.45, 7) is 1.70. The molecular formula is C11H9BrClFN4. The first-order valence-electron chi connectivity index (χ1n) is 4.99. The van der Waals surface area contributed by atoms with E-state index in [4.69, 9.17) is 17.3 Å². The van der Waals surface area contributed by atoms with Crippen LogP contribution >= 0.6 is 27.5 Å². The Morgan fingerprint density at radius 1 is 1.39 bits per heavy atom. The minimum atomic E-state index is -0.420. The monoisotopic (exact) mass is 330 g/mol. The molecule has 0 saturated carbocycles. The predicted octanol–water partition coefficient (Wildman–Crippen LogP) is 3.67. The minimum Gasteiger partial charge on any atom is -0.394 e. The lowest BCUT2D eigenvalue weighted by Crippen LogP contribution is -2.04. The Morgan fingerprint density at radius 3 is 2.78 bits per heavy atom. The van der Waals surface area contributed by atoms with Crippen molar-refractivity contribution in [3.63, 3.8) is 0 Å². The molecule has 1 aromatic heterocycles. The topological polar surface area (TPSA) is 63.8 Å². The Morgan fingerprint density at radius 2 is 2.11 bits per heavy atom. The molecule has 4 nitrogen and oxygen atoms in total. The molecule has 0 radical (unpaired) electrons. The van der Waals surface area contributed by atoms with Gasteiger partial charge in [0.25, 0.3) is 0 Å². The Labute approximate surface area is 117 Å². The number of aromatic nitrogens is 2. The van der Waals surface area contributed by atoms with Gasteiger partial charge in [-0.3, -0.25) is 0 Å². The van der Waals surface area contributed by atoms with Crippen molar-refractivity contribution in [3.8, 4) is 0 Å². The zero-order valence-corrected chi connectivity index (χ0v) is 11.7. The van der Waals surface area contributed by atoms with Gasteiger partial charge in [0.1, 0.15) is 5.82 Å². The SMILES string of the molecule is Cc1nc(Cl)nc(Nc2ccc(Br)cc2F)c1N. The van der Waals surface area contributed by atoms with Crippen LogP contribution in [0.2, 0.25) is 5.28 Å². The van der Waals surface area contributed by atoms with E-state index in [-0.39, 0.29) is 16.8 Å². The highest BCUT2D eigenvalue weighted by molar-refractivity contribution is 9.10. The lowest BCUT2D eigenvalue weighted by Gasteiger charge is -2.11. The zero-order chi connectivity index (χ0) is 13.3. The van der Waals surface area contributed by atoms with Crippen LogP contribution in [0.4, 0.5) is 21.6 Å². The van der Waals surface area contributed by atoms with Gasteiger partial charge >= 0.3 is 0 Å². The largest absolute Gasteiger partial charge is 0.394 e. The fourth-order valence-electron chi connectivity index (χ4n) is 1.36. The van der Waals surface area contributed by atoms with E-state index in [1.807, 2.05) is 0 Å². The van der Waals surface area contributed by atoms with Gasteiger partial charge < -0.3 is 11.1 Å². The van der Waals surface area contributed by atoms with Crippen molar-refractivity contribution in [1.82, 2.24) is 9.97 Å².